The van der Waals surface area contributed by atoms with Crippen LogP contribution in [0.3, 0.4) is 0 Å². The van der Waals surface area contributed by atoms with Crippen LogP contribution in [0.4, 0.5) is 0 Å². The summed E-state index contributed by atoms with van der Waals surface area (Å²) in [6, 6.07) is 9.95. The Morgan fingerprint density at radius 1 is 1.17 bits per heavy atom. The lowest BCUT2D eigenvalue weighted by Gasteiger charge is -2.26. The number of hydrogen-bond donors (Lipinski definition) is 0. The van der Waals surface area contributed by atoms with Gasteiger partial charge in [0, 0.05) is 11.6 Å². The maximum atomic E-state index is 13.8. The van der Waals surface area contributed by atoms with E-state index in [0.29, 0.717) is 43.6 Å². The van der Waals surface area contributed by atoms with Crippen LogP contribution in [0.25, 0.3) is 6.08 Å². The van der Waals surface area contributed by atoms with E-state index in [1.807, 2.05) is 12.1 Å². The molecule has 0 bridgehead atoms. The van der Waals surface area contributed by atoms with E-state index in [1.54, 1.807) is 51.3 Å². The van der Waals surface area contributed by atoms with Crippen LogP contribution >= 0.6 is 11.3 Å². The average Bonchev–Trinajstić information content (AvgIpc) is 3.46. The van der Waals surface area contributed by atoms with E-state index in [0.717, 1.165) is 5.56 Å². The van der Waals surface area contributed by atoms with Crippen molar-refractivity contribution >= 4 is 23.4 Å². The minimum Gasteiger partial charge on any atom is -0.497 e. The predicted octanol–water partition coefficient (Wildman–Crippen LogP) is 2.54. The van der Waals surface area contributed by atoms with Crippen molar-refractivity contribution in [1.29, 1.82) is 0 Å². The smallest absolute Gasteiger partial charge is 0.338 e. The molecule has 1 aromatic heterocycles. The molecule has 3 aromatic rings. The van der Waals surface area contributed by atoms with E-state index in [9.17, 15) is 9.59 Å². The summed E-state index contributed by atoms with van der Waals surface area (Å²) in [7, 11) is 3.09. The predicted molar refractivity (Wildman–Crippen MR) is 133 cm³/mol. The molecule has 2 aliphatic rings. The van der Waals surface area contributed by atoms with Crippen molar-refractivity contribution in [3.63, 3.8) is 0 Å². The van der Waals surface area contributed by atoms with Crippen LogP contribution in [0.5, 0.6) is 23.0 Å². The second kappa shape index (κ2) is 9.54. The monoisotopic (exact) mass is 508 g/mol. The largest absolute Gasteiger partial charge is 0.497 e. The molecule has 0 saturated carbocycles. The Labute approximate surface area is 210 Å². The van der Waals surface area contributed by atoms with Gasteiger partial charge in [-0.1, -0.05) is 17.4 Å². The van der Waals surface area contributed by atoms with Gasteiger partial charge in [0.05, 0.1) is 36.6 Å². The molecule has 0 radical (unpaired) electrons. The van der Waals surface area contributed by atoms with Crippen molar-refractivity contribution < 1.29 is 28.5 Å². The Hall–Kier alpha value is -4.05. The van der Waals surface area contributed by atoms with Crippen LogP contribution < -0.4 is 33.8 Å². The summed E-state index contributed by atoms with van der Waals surface area (Å²) in [5, 5.41) is 0. The quantitative estimate of drug-likeness (QED) is 0.472. The van der Waals surface area contributed by atoms with Crippen LogP contribution in [-0.4, -0.2) is 38.2 Å². The van der Waals surface area contributed by atoms with Crippen LogP contribution in [0.2, 0.25) is 0 Å². The van der Waals surface area contributed by atoms with Crippen LogP contribution in [0.1, 0.15) is 31.0 Å². The molecular weight excluding hydrogens is 484 g/mol. The normalized spacial score (nSPS) is 16.4. The number of rotatable bonds is 6. The van der Waals surface area contributed by atoms with Crippen molar-refractivity contribution in [1.82, 2.24) is 4.57 Å². The second-order valence-corrected chi connectivity index (χ2v) is 9.03. The Bertz CT molecular complexity index is 1570. The van der Waals surface area contributed by atoms with Gasteiger partial charge in [0.1, 0.15) is 17.5 Å². The van der Waals surface area contributed by atoms with Gasteiger partial charge in [-0.05, 0) is 49.8 Å². The fourth-order valence-electron chi connectivity index (χ4n) is 4.28. The number of carbonyl (C=O) groups excluding carboxylic acids is 1. The highest BCUT2D eigenvalue weighted by Gasteiger charge is 2.35. The Morgan fingerprint density at radius 3 is 2.72 bits per heavy atom. The number of ether oxygens (including phenoxy) is 5. The lowest BCUT2D eigenvalue weighted by atomic mass is 9.95. The molecule has 5 rings (SSSR count). The number of benzene rings is 2. The molecule has 0 aliphatic carbocycles. The third-order valence-electron chi connectivity index (χ3n) is 5.95. The number of esters is 1. The minimum atomic E-state index is -0.792. The van der Waals surface area contributed by atoms with E-state index in [4.69, 9.17) is 23.7 Å². The molecule has 0 unspecified atom stereocenters. The zero-order valence-electron chi connectivity index (χ0n) is 20.2. The van der Waals surface area contributed by atoms with Crippen LogP contribution in [0.15, 0.2) is 57.5 Å². The molecule has 3 heterocycles. The summed E-state index contributed by atoms with van der Waals surface area (Å²) in [5.41, 5.74) is 1.87. The number of aromatic nitrogens is 1. The van der Waals surface area contributed by atoms with Gasteiger partial charge < -0.3 is 23.7 Å². The molecule has 0 spiro atoms. The summed E-state index contributed by atoms with van der Waals surface area (Å²) in [6.07, 6.45) is 1.78. The molecule has 36 heavy (non-hydrogen) atoms. The molecule has 0 N–H and O–H groups in total. The van der Waals surface area contributed by atoms with E-state index in [2.05, 4.69) is 4.99 Å². The lowest BCUT2D eigenvalue weighted by molar-refractivity contribution is -0.139. The van der Waals surface area contributed by atoms with E-state index >= 15 is 0 Å². The van der Waals surface area contributed by atoms with E-state index in [1.165, 1.54) is 23.0 Å². The summed E-state index contributed by atoms with van der Waals surface area (Å²) >= 11 is 1.24. The number of fused-ring (bicyclic) bond motifs is 2. The molecular formula is C26H24N2O7S. The maximum Gasteiger partial charge on any atom is 0.338 e. The van der Waals surface area contributed by atoms with Gasteiger partial charge in [0.15, 0.2) is 16.3 Å². The highest BCUT2D eigenvalue weighted by Crippen LogP contribution is 2.37. The molecule has 2 aliphatic heterocycles. The summed E-state index contributed by atoms with van der Waals surface area (Å²) in [6.45, 7) is 3.83. The number of methoxy groups -OCH3 is 2. The van der Waals surface area contributed by atoms with E-state index < -0.39 is 12.0 Å². The molecule has 1 atom stereocenters. The van der Waals surface area contributed by atoms with E-state index in [-0.39, 0.29) is 24.5 Å². The minimum absolute atomic E-state index is 0.167. The second-order valence-electron chi connectivity index (χ2n) is 8.02. The number of nitrogens with zero attached hydrogens (tertiary/aromatic N) is 2. The fraction of sp³-hybridized carbons (Fsp3) is 0.269. The Morgan fingerprint density at radius 2 is 1.97 bits per heavy atom. The lowest BCUT2D eigenvalue weighted by Crippen LogP contribution is -2.40. The highest BCUT2D eigenvalue weighted by atomic mass is 32.1. The Kier molecular flexibility index (Phi) is 6.27. The topological polar surface area (TPSA) is 97.6 Å². The third kappa shape index (κ3) is 4.03. The van der Waals surface area contributed by atoms with Crippen molar-refractivity contribution in [3.8, 4) is 23.0 Å². The molecule has 186 valence electrons. The first kappa shape index (κ1) is 23.7. The number of thiazole rings is 1. The van der Waals surface area contributed by atoms with Gasteiger partial charge in [-0.2, -0.15) is 0 Å². The number of allylic oxidation sites excluding steroid dienone is 1. The first-order valence-electron chi connectivity index (χ1n) is 11.3. The van der Waals surface area contributed by atoms with Gasteiger partial charge in [-0.25, -0.2) is 9.79 Å². The molecule has 2 aromatic carbocycles. The number of carbonyl (C=O) groups is 1. The van der Waals surface area contributed by atoms with Crippen molar-refractivity contribution in [2.45, 2.75) is 19.9 Å². The van der Waals surface area contributed by atoms with Crippen molar-refractivity contribution in [2.24, 2.45) is 4.99 Å². The van der Waals surface area contributed by atoms with Gasteiger partial charge >= 0.3 is 5.97 Å². The van der Waals surface area contributed by atoms with Gasteiger partial charge in [-0.3, -0.25) is 9.36 Å². The fourth-order valence-corrected chi connectivity index (χ4v) is 5.33. The summed E-state index contributed by atoms with van der Waals surface area (Å²) < 4.78 is 29.1. The first-order chi connectivity index (χ1) is 17.4. The highest BCUT2D eigenvalue weighted by molar-refractivity contribution is 7.07. The molecule has 10 heteroatoms. The van der Waals surface area contributed by atoms with Crippen molar-refractivity contribution in [2.75, 3.05) is 27.6 Å². The average molecular weight is 509 g/mol. The first-order valence-corrected chi connectivity index (χ1v) is 12.1. The standard InChI is InChI=1S/C26H24N2O7S/c1-5-33-25(30)22-14(2)27-26-28(23(22)17-8-7-16(31-3)12-19(17)32-4)24(29)21(36-26)11-15-6-9-18-20(10-15)35-13-34-18/h6-12,23H,5,13H2,1-4H3/t23-/m1/s1. The molecule has 9 nitrogen and oxygen atoms in total. The molecule has 0 fully saturated rings. The summed E-state index contributed by atoms with van der Waals surface area (Å²) in [5.74, 6) is 1.81. The maximum absolute atomic E-state index is 13.8. The number of hydrogen-bond acceptors (Lipinski definition) is 9. The molecule has 0 amide bonds. The summed E-state index contributed by atoms with van der Waals surface area (Å²) in [4.78, 5) is 31.9. The SMILES string of the molecule is CCOC(=O)C1=C(C)N=c2sc(=Cc3ccc4c(c3)OCO4)c(=O)n2[C@@H]1c1ccc(OC)cc1OC. The van der Waals surface area contributed by atoms with Crippen LogP contribution in [-0.2, 0) is 9.53 Å². The zero-order valence-corrected chi connectivity index (χ0v) is 21.0. The zero-order chi connectivity index (χ0) is 25.4. The van der Waals surface area contributed by atoms with Crippen molar-refractivity contribution in [3.05, 3.63) is 78.5 Å². The van der Waals surface area contributed by atoms with Gasteiger partial charge in [0.2, 0.25) is 6.79 Å². The van der Waals surface area contributed by atoms with Crippen LogP contribution in [0, 0.1) is 0 Å². The van der Waals surface area contributed by atoms with Gasteiger partial charge in [0.25, 0.3) is 5.56 Å². The van der Waals surface area contributed by atoms with Gasteiger partial charge in [-0.15, -0.1) is 0 Å². The third-order valence-corrected chi connectivity index (χ3v) is 6.93. The Balaban J connectivity index is 1.72. The molecule has 0 saturated heterocycles.